The van der Waals surface area contributed by atoms with E-state index in [0.29, 0.717) is 19.4 Å². The Bertz CT molecular complexity index is 753. The zero-order valence-corrected chi connectivity index (χ0v) is 17.4. The number of amides is 5. The highest BCUT2D eigenvalue weighted by atomic mass is 16.5. The van der Waals surface area contributed by atoms with Crippen LogP contribution in [0.1, 0.15) is 32.6 Å². The summed E-state index contributed by atoms with van der Waals surface area (Å²) in [6.07, 6.45) is 0.441. The van der Waals surface area contributed by atoms with E-state index < -0.39 is 59.9 Å². The maximum absolute atomic E-state index is 12.5. The fourth-order valence-electron chi connectivity index (χ4n) is 2.99. The molecule has 1 heterocycles. The Kier molecular flexibility index (Phi) is 10.1. The van der Waals surface area contributed by atoms with Gasteiger partial charge >= 0.3 is 5.97 Å². The third-order valence-corrected chi connectivity index (χ3v) is 4.55. The van der Waals surface area contributed by atoms with Gasteiger partial charge in [0.2, 0.25) is 29.4 Å². The molecule has 0 aliphatic carbocycles. The van der Waals surface area contributed by atoms with Crippen molar-refractivity contribution in [2.24, 2.45) is 5.73 Å². The van der Waals surface area contributed by atoms with Gasteiger partial charge in [-0.15, -0.1) is 0 Å². The minimum Gasteiger partial charge on any atom is -0.468 e. The monoisotopic (exact) mass is 441 g/mol. The van der Waals surface area contributed by atoms with Crippen molar-refractivity contribution in [3.63, 3.8) is 0 Å². The predicted molar refractivity (Wildman–Crippen MR) is 104 cm³/mol. The third kappa shape index (κ3) is 8.40. The summed E-state index contributed by atoms with van der Waals surface area (Å²) >= 11 is 0. The first-order valence-corrected chi connectivity index (χ1v) is 9.58. The van der Waals surface area contributed by atoms with Crippen molar-refractivity contribution in [1.82, 2.24) is 20.9 Å². The number of primary amides is 1. The van der Waals surface area contributed by atoms with Crippen LogP contribution in [0.5, 0.6) is 0 Å². The molecule has 0 spiro atoms. The largest absolute Gasteiger partial charge is 0.468 e. The molecule has 1 saturated heterocycles. The molecule has 1 unspecified atom stereocenters. The molecule has 1 aliphatic rings. The zero-order chi connectivity index (χ0) is 23.6. The van der Waals surface area contributed by atoms with Gasteiger partial charge in [0.05, 0.1) is 13.7 Å². The van der Waals surface area contributed by atoms with Crippen LogP contribution in [0.2, 0.25) is 0 Å². The molecule has 5 amide bonds. The molecule has 1 rings (SSSR count). The van der Waals surface area contributed by atoms with E-state index in [2.05, 4.69) is 20.7 Å². The molecule has 1 aliphatic heterocycles. The Balaban J connectivity index is 2.63. The van der Waals surface area contributed by atoms with Crippen molar-refractivity contribution < 1.29 is 38.3 Å². The van der Waals surface area contributed by atoms with Crippen LogP contribution in [-0.4, -0.2) is 85.0 Å². The average Bonchev–Trinajstić information content (AvgIpc) is 3.22. The summed E-state index contributed by atoms with van der Waals surface area (Å²) in [7, 11) is 1.18. The van der Waals surface area contributed by atoms with Crippen LogP contribution >= 0.6 is 0 Å². The second kappa shape index (κ2) is 12.2. The molecular weight excluding hydrogens is 414 g/mol. The van der Waals surface area contributed by atoms with Crippen LogP contribution in [-0.2, 0) is 38.3 Å². The predicted octanol–water partition coefficient (Wildman–Crippen LogP) is -3.28. The number of rotatable bonds is 11. The zero-order valence-electron chi connectivity index (χ0n) is 17.4. The van der Waals surface area contributed by atoms with Crippen LogP contribution in [0.15, 0.2) is 0 Å². The number of nitrogens with one attached hydrogen (secondary N) is 3. The summed E-state index contributed by atoms with van der Waals surface area (Å²) in [4.78, 5) is 83.0. The minimum atomic E-state index is -1.15. The SMILES string of the molecule is COC(=O)CNC(=O)C1CCCN1C(=O)CNC(=O)[C@H](CCC(=O)C(N)=O)NC(C)=O. The molecule has 13 heteroatoms. The Morgan fingerprint density at radius 3 is 2.35 bits per heavy atom. The van der Waals surface area contributed by atoms with Crippen molar-refractivity contribution in [3.8, 4) is 0 Å². The molecule has 0 bridgehead atoms. The summed E-state index contributed by atoms with van der Waals surface area (Å²) in [6.45, 7) is 0.697. The van der Waals surface area contributed by atoms with Gasteiger partial charge in [0.25, 0.3) is 5.91 Å². The molecule has 1 fully saturated rings. The fourth-order valence-corrected chi connectivity index (χ4v) is 2.99. The molecule has 5 N–H and O–H groups in total. The van der Waals surface area contributed by atoms with Gasteiger partial charge in [-0.3, -0.25) is 33.6 Å². The smallest absolute Gasteiger partial charge is 0.325 e. The molecule has 0 aromatic rings. The molecule has 13 nitrogen and oxygen atoms in total. The van der Waals surface area contributed by atoms with Gasteiger partial charge < -0.3 is 31.3 Å². The Labute approximate surface area is 178 Å². The topological polar surface area (TPSA) is 194 Å². The standard InChI is InChI=1S/C18H27N5O8/c1-10(24)22-11(5-6-13(25)16(19)28)17(29)20-8-14(26)23-7-3-4-12(23)18(30)21-9-15(27)31-2/h11-12H,3-9H2,1-2H3,(H2,19,28)(H,20,29)(H,21,30)(H,22,24)/t11-,12?/m0/s1. The third-order valence-electron chi connectivity index (χ3n) is 4.55. The van der Waals surface area contributed by atoms with Gasteiger partial charge in [-0.25, -0.2) is 0 Å². The molecule has 0 aromatic carbocycles. The molecule has 2 atom stereocenters. The van der Waals surface area contributed by atoms with Gasteiger partial charge in [0, 0.05) is 19.9 Å². The Hall–Kier alpha value is -3.51. The van der Waals surface area contributed by atoms with Crippen molar-refractivity contribution in [1.29, 1.82) is 0 Å². The number of ketones is 1. The van der Waals surface area contributed by atoms with E-state index in [1.807, 2.05) is 0 Å². The highest BCUT2D eigenvalue weighted by molar-refractivity contribution is 6.35. The lowest BCUT2D eigenvalue weighted by atomic mass is 10.1. The summed E-state index contributed by atoms with van der Waals surface area (Å²) < 4.78 is 4.44. The summed E-state index contributed by atoms with van der Waals surface area (Å²) in [5.41, 5.74) is 4.87. The van der Waals surface area contributed by atoms with Gasteiger partial charge in [0.15, 0.2) is 0 Å². The van der Waals surface area contributed by atoms with Gasteiger partial charge in [0.1, 0.15) is 18.6 Å². The Morgan fingerprint density at radius 2 is 1.77 bits per heavy atom. The van der Waals surface area contributed by atoms with Crippen LogP contribution in [0.25, 0.3) is 0 Å². The van der Waals surface area contributed by atoms with E-state index in [4.69, 9.17) is 5.73 Å². The lowest BCUT2D eigenvalue weighted by Crippen LogP contribution is -2.52. The molecule has 172 valence electrons. The molecular formula is C18H27N5O8. The van der Waals surface area contributed by atoms with E-state index in [9.17, 15) is 33.6 Å². The van der Waals surface area contributed by atoms with Gasteiger partial charge in [-0.1, -0.05) is 0 Å². The number of nitrogens with zero attached hydrogens (tertiary/aromatic N) is 1. The van der Waals surface area contributed by atoms with E-state index >= 15 is 0 Å². The van der Waals surface area contributed by atoms with Crippen LogP contribution in [0.4, 0.5) is 0 Å². The average molecular weight is 441 g/mol. The number of carbonyl (C=O) groups excluding carboxylic acids is 7. The molecule has 31 heavy (non-hydrogen) atoms. The number of carbonyl (C=O) groups is 7. The first-order chi connectivity index (χ1) is 14.6. The number of esters is 1. The second-order valence-corrected chi connectivity index (χ2v) is 6.84. The van der Waals surface area contributed by atoms with E-state index in [1.165, 1.54) is 18.9 Å². The maximum atomic E-state index is 12.5. The first-order valence-electron chi connectivity index (χ1n) is 9.58. The van der Waals surface area contributed by atoms with Crippen molar-refractivity contribution in [3.05, 3.63) is 0 Å². The van der Waals surface area contributed by atoms with Gasteiger partial charge in [-0.05, 0) is 19.3 Å². The molecule has 0 aromatic heterocycles. The Morgan fingerprint density at radius 1 is 1.10 bits per heavy atom. The number of hydrogen-bond acceptors (Lipinski definition) is 8. The number of likely N-dealkylation sites (tertiary alicyclic amines) is 1. The van der Waals surface area contributed by atoms with E-state index in [1.54, 1.807) is 0 Å². The minimum absolute atomic E-state index is 0.177. The second-order valence-electron chi connectivity index (χ2n) is 6.84. The molecule has 0 saturated carbocycles. The van der Waals surface area contributed by atoms with E-state index in [0.717, 1.165) is 0 Å². The number of hydrogen-bond donors (Lipinski definition) is 4. The van der Waals surface area contributed by atoms with Crippen LogP contribution < -0.4 is 21.7 Å². The number of ether oxygens (including phenoxy) is 1. The first kappa shape index (κ1) is 25.5. The van der Waals surface area contributed by atoms with Crippen molar-refractivity contribution in [2.75, 3.05) is 26.7 Å². The maximum Gasteiger partial charge on any atom is 0.325 e. The highest BCUT2D eigenvalue weighted by Gasteiger charge is 2.34. The van der Waals surface area contributed by atoms with Crippen molar-refractivity contribution >= 4 is 41.3 Å². The highest BCUT2D eigenvalue weighted by Crippen LogP contribution is 2.17. The molecule has 0 radical (unpaired) electrons. The quantitative estimate of drug-likeness (QED) is 0.189. The summed E-state index contributed by atoms with van der Waals surface area (Å²) in [6, 6.07) is -1.93. The summed E-state index contributed by atoms with van der Waals surface area (Å²) in [5, 5.41) is 7.09. The normalized spacial score (nSPS) is 16.1. The van der Waals surface area contributed by atoms with E-state index in [-0.39, 0.29) is 19.4 Å². The lowest BCUT2D eigenvalue weighted by molar-refractivity contribution is -0.143. The number of Topliss-reactive ketones (excluding diaryl/α,β-unsaturated/α-hetero) is 1. The number of methoxy groups -OCH3 is 1. The number of nitrogens with two attached hydrogens (primary N) is 1. The van der Waals surface area contributed by atoms with Crippen LogP contribution in [0, 0.1) is 0 Å². The van der Waals surface area contributed by atoms with Crippen LogP contribution in [0.3, 0.4) is 0 Å². The van der Waals surface area contributed by atoms with Gasteiger partial charge in [-0.2, -0.15) is 0 Å². The fraction of sp³-hybridized carbons (Fsp3) is 0.611. The lowest BCUT2D eigenvalue weighted by Gasteiger charge is -2.24. The van der Waals surface area contributed by atoms with Crippen molar-refractivity contribution in [2.45, 2.75) is 44.7 Å². The summed E-state index contributed by atoms with van der Waals surface area (Å²) in [5.74, 6) is -4.98.